The maximum Gasteiger partial charge on any atom is 0.0619 e. The number of hydrogen-bond acceptors (Lipinski definition) is 2. The van der Waals surface area contributed by atoms with Gasteiger partial charge in [-0.05, 0) is 326 Å². The van der Waals surface area contributed by atoms with E-state index in [4.69, 9.17) is 0 Å². The molecule has 14 rings (SSSR count). The van der Waals surface area contributed by atoms with Gasteiger partial charge < -0.3 is 9.80 Å². The van der Waals surface area contributed by atoms with E-state index in [2.05, 4.69) is 561 Å². The van der Waals surface area contributed by atoms with Gasteiger partial charge in [0.25, 0.3) is 0 Å². The predicted molar refractivity (Wildman–Crippen MR) is 632 cm³/mol. The SMILES string of the molecule is CC(C)(C)c1cc(-c2ccc3c(N(c4cc(C(C)(C)C)cc(C(C)(C)C)c4)c4cc(C(C)(C)C)cc(C(C)(C)C)c4)c4cc(-c5cc(C(C)(C)C)cc(C(C)(C)C)c5)ccc4c(-c4c5cc(-c6cc(C(C)(C)C)cc(C(C)(C)C)c6)ccc5c(N(c5cc(C(C)(C)C)cc(C(C)(C)C)c5)c5cc(C(C)(C)C)cc(C(C)(C)C)c5)c5cc(-c6cc(C(C)(C)C)cc(C(C)(C)C)c6)ccc45)c3c2)cc(C(C)(C)C)c1. The molecule has 750 valence electrons. The highest BCUT2D eigenvalue weighted by molar-refractivity contribution is 6.32. The summed E-state index contributed by atoms with van der Waals surface area (Å²) in [7, 11) is 0. The minimum absolute atomic E-state index is 0.161. The molecular formula is C140H180N2. The zero-order valence-electron chi connectivity index (χ0n) is 97.7. The smallest absolute Gasteiger partial charge is 0.0619 e. The van der Waals surface area contributed by atoms with Gasteiger partial charge in [-0.25, -0.2) is 0 Å². The number of fused-ring (bicyclic) bond motifs is 4. The zero-order chi connectivity index (χ0) is 106. The summed E-state index contributed by atoms with van der Waals surface area (Å²) in [6.45, 7) is 115. The summed E-state index contributed by atoms with van der Waals surface area (Å²) in [5.41, 5.74) is 36.4. The zero-order valence-corrected chi connectivity index (χ0v) is 97.7. The van der Waals surface area contributed by atoms with Crippen molar-refractivity contribution >= 4 is 77.2 Å². The van der Waals surface area contributed by atoms with Gasteiger partial charge in [0.05, 0.1) is 11.4 Å². The molecule has 0 aliphatic heterocycles. The fraction of sp³-hybridized carbons (Fsp3) is 0.457. The molecule has 14 aromatic carbocycles. The molecule has 2 nitrogen and oxygen atoms in total. The molecule has 2 heteroatoms. The van der Waals surface area contributed by atoms with Crippen molar-refractivity contribution in [2.45, 2.75) is 419 Å². The van der Waals surface area contributed by atoms with E-state index in [1.807, 2.05) is 0 Å². The van der Waals surface area contributed by atoms with Crippen molar-refractivity contribution in [2.24, 2.45) is 0 Å². The Labute approximate surface area is 863 Å². The van der Waals surface area contributed by atoms with E-state index < -0.39 is 0 Å². The van der Waals surface area contributed by atoms with Crippen LogP contribution in [0.1, 0.15) is 421 Å². The number of nitrogens with zero attached hydrogens (tertiary/aromatic N) is 2. The molecular weight excluding hydrogens is 1710 g/mol. The van der Waals surface area contributed by atoms with Crippen LogP contribution in [-0.2, 0) is 86.6 Å². The van der Waals surface area contributed by atoms with Gasteiger partial charge in [-0.3, -0.25) is 0 Å². The lowest BCUT2D eigenvalue weighted by Gasteiger charge is -2.36. The molecule has 0 unspecified atom stereocenters. The summed E-state index contributed by atoms with van der Waals surface area (Å²) in [5.74, 6) is 0. The molecule has 0 radical (unpaired) electrons. The van der Waals surface area contributed by atoms with Crippen LogP contribution in [0, 0.1) is 0 Å². The lowest BCUT2D eigenvalue weighted by atomic mass is 9.77. The third kappa shape index (κ3) is 22.4. The highest BCUT2D eigenvalue weighted by Crippen LogP contribution is 2.59. The normalized spacial score (nSPS) is 13.8. The maximum absolute atomic E-state index is 2.78. The Morgan fingerprint density at radius 1 is 0.113 bits per heavy atom. The Kier molecular flexibility index (Phi) is 27.1. The van der Waals surface area contributed by atoms with E-state index in [0.717, 1.165) is 55.7 Å². The van der Waals surface area contributed by atoms with Crippen molar-refractivity contribution in [2.75, 3.05) is 9.80 Å². The van der Waals surface area contributed by atoms with Gasteiger partial charge in [0.15, 0.2) is 0 Å². The first-order chi connectivity index (χ1) is 64.4. The monoisotopic (exact) mass is 1890 g/mol. The van der Waals surface area contributed by atoms with Crippen molar-refractivity contribution in [1.82, 2.24) is 0 Å². The van der Waals surface area contributed by atoms with E-state index in [1.165, 1.54) is 166 Å². The van der Waals surface area contributed by atoms with Gasteiger partial charge in [-0.2, -0.15) is 0 Å². The summed E-state index contributed by atoms with van der Waals surface area (Å²) in [6.07, 6.45) is 0. The van der Waals surface area contributed by atoms with Crippen molar-refractivity contribution in [1.29, 1.82) is 0 Å². The van der Waals surface area contributed by atoms with Crippen molar-refractivity contribution in [3.8, 4) is 55.6 Å². The summed E-state index contributed by atoms with van der Waals surface area (Å²) in [6, 6.07) is 92.1. The largest absolute Gasteiger partial charge is 0.309 e. The van der Waals surface area contributed by atoms with Crippen molar-refractivity contribution in [3.05, 3.63) is 307 Å². The fourth-order valence-electron chi connectivity index (χ4n) is 20.0. The third-order valence-corrected chi connectivity index (χ3v) is 30.5. The first-order valence-electron chi connectivity index (χ1n) is 53.4. The van der Waals surface area contributed by atoms with Crippen LogP contribution >= 0.6 is 0 Å². The average molecular weight is 1890 g/mol. The van der Waals surface area contributed by atoms with Gasteiger partial charge in [-0.1, -0.05) is 478 Å². The van der Waals surface area contributed by atoms with Crippen LogP contribution in [0.4, 0.5) is 34.1 Å². The fourth-order valence-corrected chi connectivity index (χ4v) is 20.0. The molecule has 0 bridgehead atoms. The molecule has 0 amide bonds. The summed E-state index contributed by atoms with van der Waals surface area (Å²) in [5, 5.41) is 9.32. The summed E-state index contributed by atoms with van der Waals surface area (Å²) in [4.78, 5) is 5.56. The Hall–Kier alpha value is -10.3. The quantitative estimate of drug-likeness (QED) is 0.119. The molecule has 0 saturated carbocycles. The van der Waals surface area contributed by atoms with E-state index in [-0.39, 0.29) is 86.6 Å². The first kappa shape index (κ1) is 107. The van der Waals surface area contributed by atoms with E-state index in [0.29, 0.717) is 0 Å². The second kappa shape index (κ2) is 35.8. The van der Waals surface area contributed by atoms with E-state index >= 15 is 0 Å². The summed E-state index contributed by atoms with van der Waals surface area (Å²) < 4.78 is 0. The third-order valence-electron chi connectivity index (χ3n) is 30.5. The van der Waals surface area contributed by atoms with E-state index in [1.54, 1.807) is 0 Å². The predicted octanol–water partition coefficient (Wildman–Crippen LogP) is 42.3. The van der Waals surface area contributed by atoms with Crippen molar-refractivity contribution < 1.29 is 0 Å². The molecule has 0 aliphatic carbocycles. The molecule has 0 aliphatic rings. The average Bonchev–Trinajstić information content (AvgIpc) is 0.693. The van der Waals surface area contributed by atoms with Gasteiger partial charge in [0, 0.05) is 44.3 Å². The second-order valence-corrected chi connectivity index (χ2v) is 59.4. The van der Waals surface area contributed by atoms with E-state index in [9.17, 15) is 0 Å². The van der Waals surface area contributed by atoms with Gasteiger partial charge in [0.2, 0.25) is 0 Å². The maximum atomic E-state index is 2.78. The summed E-state index contributed by atoms with van der Waals surface area (Å²) >= 11 is 0. The molecule has 0 fully saturated rings. The van der Waals surface area contributed by atoms with Gasteiger partial charge in [0.1, 0.15) is 0 Å². The number of rotatable bonds is 11. The molecule has 142 heavy (non-hydrogen) atoms. The molecule has 0 heterocycles. The minimum atomic E-state index is -0.234. The number of anilines is 6. The van der Waals surface area contributed by atoms with Crippen LogP contribution in [0.2, 0.25) is 0 Å². The minimum Gasteiger partial charge on any atom is -0.309 e. The molecule has 14 aromatic rings. The number of benzene rings is 14. The van der Waals surface area contributed by atoms with Crippen LogP contribution in [0.25, 0.3) is 98.7 Å². The Morgan fingerprint density at radius 2 is 0.239 bits per heavy atom. The number of hydrogen-bond donors (Lipinski definition) is 0. The van der Waals surface area contributed by atoms with Gasteiger partial charge in [-0.15, -0.1) is 0 Å². The molecule has 0 N–H and O–H groups in total. The molecule has 0 spiro atoms. The topological polar surface area (TPSA) is 6.48 Å². The van der Waals surface area contributed by atoms with Crippen LogP contribution in [-0.4, -0.2) is 0 Å². The Balaban J connectivity index is 1.39. The van der Waals surface area contributed by atoms with Crippen LogP contribution in [0.15, 0.2) is 218 Å². The lowest BCUT2D eigenvalue weighted by molar-refractivity contribution is 0.567. The standard InChI is InChI=1S/C140H180N2/c1-125(2,3)93-57-89(58-94(69-93)126(4,5)6)85-51-55-115-117(65-85)121(113-53-49-87(91-61-97(129(13,14)15)71-98(62-91)130(16,17)18)67-119(113)123(115)141(109-77-101(133(25,26)27)73-102(78-109)134(28,29)30)110-79-103(135(31,32)33)74-104(80-110)136(34,35)36)122-114-54-50-88(92-63-99(131(19,20)21)72-100(64-92)132(22,23)24)68-120(114)124(116-56-52-86(66-118(116)122)90-59-95(127(7,8)9)70-96(60-90)128(10,11)12)142(111-81-105(137(37,38)39)75-106(82-111)138(40,41)42)112-83-107(139(43,44)45)76-108(84-112)140(46,47)48/h49-84H,1-48H3. The van der Waals surface area contributed by atoms with Crippen LogP contribution in [0.3, 0.4) is 0 Å². The van der Waals surface area contributed by atoms with Crippen molar-refractivity contribution in [3.63, 3.8) is 0 Å². The lowest BCUT2D eigenvalue weighted by Crippen LogP contribution is -2.21. The highest BCUT2D eigenvalue weighted by atomic mass is 15.2. The van der Waals surface area contributed by atoms with Crippen LogP contribution in [0.5, 0.6) is 0 Å². The van der Waals surface area contributed by atoms with Crippen LogP contribution < -0.4 is 9.80 Å². The molecule has 0 aromatic heterocycles. The Morgan fingerprint density at radius 3 is 0.380 bits per heavy atom. The molecule has 0 atom stereocenters. The highest BCUT2D eigenvalue weighted by Gasteiger charge is 2.38. The Bertz CT molecular complexity index is 6390. The van der Waals surface area contributed by atoms with Gasteiger partial charge >= 0.3 is 0 Å². The molecule has 0 saturated heterocycles. The first-order valence-corrected chi connectivity index (χ1v) is 53.4. The second-order valence-electron chi connectivity index (χ2n) is 59.4.